The topological polar surface area (TPSA) is 80.4 Å². The van der Waals surface area contributed by atoms with Gasteiger partial charge >= 0.3 is 0 Å². The third-order valence-electron chi connectivity index (χ3n) is 3.53. The average Bonchev–Trinajstić information content (AvgIpc) is 2.25. The Hall–Kier alpha value is -1.23. The van der Waals surface area contributed by atoms with Crippen LogP contribution in [0.15, 0.2) is 11.8 Å². The molecule has 0 saturated heterocycles. The molecule has 5 heteroatoms. The lowest BCUT2D eigenvalue weighted by Gasteiger charge is -2.35. The van der Waals surface area contributed by atoms with Gasteiger partial charge in [0.05, 0.1) is 16.4 Å². The van der Waals surface area contributed by atoms with Gasteiger partial charge in [-0.05, 0) is 26.2 Å². The Morgan fingerprint density at radius 3 is 2.76 bits per heavy atom. The molecule has 0 bridgehead atoms. The average molecular weight is 241 g/mol. The van der Waals surface area contributed by atoms with E-state index >= 15 is 0 Å². The van der Waals surface area contributed by atoms with Gasteiger partial charge in [-0.15, -0.1) is 0 Å². The van der Waals surface area contributed by atoms with Crippen LogP contribution in [0, 0.1) is 16.0 Å². The first kappa shape index (κ1) is 13.8. The number of rotatable bonds is 4. The molecule has 1 N–H and O–H groups in total. The van der Waals surface area contributed by atoms with Crippen molar-refractivity contribution in [3.8, 4) is 0 Å². The third-order valence-corrected chi connectivity index (χ3v) is 3.53. The summed E-state index contributed by atoms with van der Waals surface area (Å²) in [5.41, 5.74) is -1.07. The molecule has 1 aliphatic rings. The lowest BCUT2D eigenvalue weighted by atomic mass is 9.73. The van der Waals surface area contributed by atoms with Crippen molar-refractivity contribution in [2.24, 2.45) is 5.92 Å². The van der Waals surface area contributed by atoms with Gasteiger partial charge in [-0.25, -0.2) is 0 Å². The van der Waals surface area contributed by atoms with Crippen LogP contribution in [0.25, 0.3) is 0 Å². The first-order chi connectivity index (χ1) is 7.89. The molecule has 17 heavy (non-hydrogen) atoms. The highest BCUT2D eigenvalue weighted by atomic mass is 16.6. The number of carbonyl (C=O) groups is 1. The molecule has 1 saturated carbocycles. The quantitative estimate of drug-likeness (QED) is 0.603. The largest absolute Gasteiger partial charge is 0.385 e. The number of carbonyl (C=O) groups excluding carboxylic acids is 1. The number of nitro groups is 1. The molecule has 0 radical (unpaired) electrons. The van der Waals surface area contributed by atoms with E-state index in [1.54, 1.807) is 6.92 Å². The van der Waals surface area contributed by atoms with E-state index in [9.17, 15) is 20.0 Å². The summed E-state index contributed by atoms with van der Waals surface area (Å²) in [5, 5.41) is 20.9. The smallest absolute Gasteiger partial charge is 0.236 e. The van der Waals surface area contributed by atoms with Crippen molar-refractivity contribution in [2.75, 3.05) is 0 Å². The lowest BCUT2D eigenvalue weighted by Crippen LogP contribution is -2.43. The second-order valence-electron chi connectivity index (χ2n) is 4.71. The SMILES string of the molecule is CC/C(=C\[N+](=O)[O-])[C@](C)(O)[C@@H]1CCCCC1=O. The molecular formula is C12H19NO4. The molecule has 2 atom stereocenters. The summed E-state index contributed by atoms with van der Waals surface area (Å²) >= 11 is 0. The summed E-state index contributed by atoms with van der Waals surface area (Å²) < 4.78 is 0. The van der Waals surface area contributed by atoms with Crippen molar-refractivity contribution in [3.63, 3.8) is 0 Å². The molecule has 0 unspecified atom stereocenters. The van der Waals surface area contributed by atoms with E-state index in [1.165, 1.54) is 6.92 Å². The van der Waals surface area contributed by atoms with Gasteiger partial charge in [0.1, 0.15) is 5.78 Å². The van der Waals surface area contributed by atoms with E-state index in [-0.39, 0.29) is 5.78 Å². The van der Waals surface area contributed by atoms with E-state index in [4.69, 9.17) is 0 Å². The summed E-state index contributed by atoms with van der Waals surface area (Å²) in [6.07, 6.45) is 4.03. The van der Waals surface area contributed by atoms with Gasteiger partial charge in [0.15, 0.2) is 0 Å². The van der Waals surface area contributed by atoms with Crippen molar-refractivity contribution in [2.45, 2.75) is 51.6 Å². The number of Topliss-reactive ketones (excluding diaryl/α,β-unsaturated/α-hetero) is 1. The van der Waals surface area contributed by atoms with Crippen molar-refractivity contribution in [1.82, 2.24) is 0 Å². The van der Waals surface area contributed by atoms with Gasteiger partial charge in [-0.3, -0.25) is 14.9 Å². The molecule has 5 nitrogen and oxygen atoms in total. The van der Waals surface area contributed by atoms with E-state index in [0.717, 1.165) is 19.0 Å². The predicted molar refractivity (Wildman–Crippen MR) is 63.0 cm³/mol. The minimum atomic E-state index is -1.39. The zero-order valence-corrected chi connectivity index (χ0v) is 10.3. The van der Waals surface area contributed by atoms with Crippen LogP contribution in [-0.2, 0) is 4.79 Å². The first-order valence-electron chi connectivity index (χ1n) is 5.99. The van der Waals surface area contributed by atoms with Crippen molar-refractivity contribution in [3.05, 3.63) is 21.9 Å². The first-order valence-corrected chi connectivity index (χ1v) is 5.99. The maximum absolute atomic E-state index is 11.8. The Labute approximate surface area is 101 Å². The summed E-state index contributed by atoms with van der Waals surface area (Å²) in [6.45, 7) is 3.26. The zero-order chi connectivity index (χ0) is 13.1. The van der Waals surface area contributed by atoms with Gasteiger partial charge in [-0.1, -0.05) is 13.3 Å². The van der Waals surface area contributed by atoms with Crippen LogP contribution in [0.1, 0.15) is 46.0 Å². The maximum Gasteiger partial charge on any atom is 0.236 e. The molecule has 0 heterocycles. The minimum absolute atomic E-state index is 0.0175. The Bertz CT molecular complexity index is 346. The molecule has 0 spiro atoms. The highest BCUT2D eigenvalue weighted by Gasteiger charge is 2.41. The monoisotopic (exact) mass is 241 g/mol. The van der Waals surface area contributed by atoms with E-state index in [0.29, 0.717) is 24.8 Å². The zero-order valence-electron chi connectivity index (χ0n) is 10.3. The summed E-state index contributed by atoms with van der Waals surface area (Å²) in [4.78, 5) is 21.7. The van der Waals surface area contributed by atoms with Crippen LogP contribution < -0.4 is 0 Å². The molecule has 0 aromatic rings. The van der Waals surface area contributed by atoms with Crippen molar-refractivity contribution < 1.29 is 14.8 Å². The second kappa shape index (κ2) is 5.40. The second-order valence-corrected chi connectivity index (χ2v) is 4.71. The van der Waals surface area contributed by atoms with E-state index < -0.39 is 16.4 Å². The summed E-state index contributed by atoms with van der Waals surface area (Å²) in [6, 6.07) is 0. The number of nitrogens with zero attached hydrogens (tertiary/aromatic N) is 1. The van der Waals surface area contributed by atoms with Crippen molar-refractivity contribution >= 4 is 5.78 Å². The Balaban J connectivity index is 2.98. The molecule has 96 valence electrons. The number of hydrogen-bond acceptors (Lipinski definition) is 4. The normalized spacial score (nSPS) is 25.5. The predicted octanol–water partition coefficient (Wildman–Crippen LogP) is 2.07. The van der Waals surface area contributed by atoms with E-state index in [1.807, 2.05) is 0 Å². The fourth-order valence-electron chi connectivity index (χ4n) is 2.51. The summed E-state index contributed by atoms with van der Waals surface area (Å²) in [7, 11) is 0. The number of aliphatic hydroxyl groups is 1. The number of hydrogen-bond donors (Lipinski definition) is 1. The summed E-state index contributed by atoms with van der Waals surface area (Å²) in [5.74, 6) is -0.480. The highest BCUT2D eigenvalue weighted by molar-refractivity contribution is 5.83. The molecule has 1 rings (SSSR count). The van der Waals surface area contributed by atoms with Gasteiger partial charge < -0.3 is 5.11 Å². The van der Waals surface area contributed by atoms with Crippen LogP contribution >= 0.6 is 0 Å². The fraction of sp³-hybridized carbons (Fsp3) is 0.750. The molecule has 0 aromatic heterocycles. The molecule has 0 aliphatic heterocycles. The number of ketones is 1. The highest BCUT2D eigenvalue weighted by Crippen LogP contribution is 2.35. The van der Waals surface area contributed by atoms with Crippen LogP contribution in [0.4, 0.5) is 0 Å². The molecular weight excluding hydrogens is 222 g/mol. The van der Waals surface area contributed by atoms with Gasteiger partial charge in [0, 0.05) is 12.0 Å². The lowest BCUT2D eigenvalue weighted by molar-refractivity contribution is -0.404. The molecule has 0 aromatic carbocycles. The minimum Gasteiger partial charge on any atom is -0.385 e. The van der Waals surface area contributed by atoms with Crippen LogP contribution in [0.2, 0.25) is 0 Å². The van der Waals surface area contributed by atoms with Crippen LogP contribution in [0.5, 0.6) is 0 Å². The van der Waals surface area contributed by atoms with Gasteiger partial charge in [-0.2, -0.15) is 0 Å². The Kier molecular flexibility index (Phi) is 4.40. The fourth-order valence-corrected chi connectivity index (χ4v) is 2.51. The Morgan fingerprint density at radius 2 is 2.29 bits per heavy atom. The van der Waals surface area contributed by atoms with Gasteiger partial charge in [0.2, 0.25) is 6.20 Å². The third kappa shape index (κ3) is 3.12. The standard InChI is InChI=1S/C12H19NO4/c1-3-9(8-13(16)17)12(2,15)10-6-4-5-7-11(10)14/h8,10,15H,3-7H2,1-2H3/b9-8+/t10-,12+/m1/s1. The van der Waals surface area contributed by atoms with Crippen LogP contribution in [0.3, 0.4) is 0 Å². The molecule has 1 fully saturated rings. The molecule has 0 amide bonds. The van der Waals surface area contributed by atoms with Crippen molar-refractivity contribution in [1.29, 1.82) is 0 Å². The Morgan fingerprint density at radius 1 is 1.65 bits per heavy atom. The molecule has 1 aliphatic carbocycles. The van der Waals surface area contributed by atoms with Crippen LogP contribution in [-0.4, -0.2) is 21.4 Å². The van der Waals surface area contributed by atoms with Gasteiger partial charge in [0.25, 0.3) is 0 Å². The maximum atomic E-state index is 11.8. The van der Waals surface area contributed by atoms with E-state index in [2.05, 4.69) is 0 Å².